The molecule has 2 aromatic carbocycles. The number of rotatable bonds is 6. The van der Waals surface area contributed by atoms with Gasteiger partial charge in [-0.25, -0.2) is 0 Å². The second-order valence-electron chi connectivity index (χ2n) is 5.84. The summed E-state index contributed by atoms with van der Waals surface area (Å²) in [5.41, 5.74) is 2.25. The van der Waals surface area contributed by atoms with Crippen molar-refractivity contribution in [1.82, 2.24) is 5.32 Å². The van der Waals surface area contributed by atoms with Gasteiger partial charge in [-0.05, 0) is 31.4 Å². The van der Waals surface area contributed by atoms with Crippen LogP contribution in [0.15, 0.2) is 60.7 Å². The number of hydrogen-bond donors (Lipinski definition) is 2. The van der Waals surface area contributed by atoms with E-state index in [-0.39, 0.29) is 18.2 Å². The third kappa shape index (κ3) is 4.19. The van der Waals surface area contributed by atoms with Crippen LogP contribution < -0.4 is 5.32 Å². The van der Waals surface area contributed by atoms with Crippen molar-refractivity contribution in [2.75, 3.05) is 6.61 Å². The van der Waals surface area contributed by atoms with E-state index in [0.29, 0.717) is 0 Å². The molecular formula is C18H23NO. The van der Waals surface area contributed by atoms with Crippen LogP contribution in [-0.4, -0.2) is 17.3 Å². The van der Waals surface area contributed by atoms with Crippen molar-refractivity contribution >= 4 is 0 Å². The van der Waals surface area contributed by atoms with Gasteiger partial charge in [0.15, 0.2) is 0 Å². The highest BCUT2D eigenvalue weighted by Gasteiger charge is 2.22. The molecule has 0 saturated heterocycles. The molecule has 0 spiro atoms. The van der Waals surface area contributed by atoms with Crippen molar-refractivity contribution < 1.29 is 5.11 Å². The summed E-state index contributed by atoms with van der Waals surface area (Å²) >= 11 is 0. The Labute approximate surface area is 121 Å². The number of benzene rings is 2. The van der Waals surface area contributed by atoms with Gasteiger partial charge in [0.1, 0.15) is 0 Å². The van der Waals surface area contributed by atoms with Gasteiger partial charge in [-0.15, -0.1) is 0 Å². The molecule has 0 unspecified atom stereocenters. The molecule has 2 rings (SSSR count). The highest BCUT2D eigenvalue weighted by atomic mass is 16.3. The molecule has 0 bridgehead atoms. The first-order valence-electron chi connectivity index (χ1n) is 7.08. The van der Waals surface area contributed by atoms with Crippen LogP contribution in [0.25, 0.3) is 0 Å². The predicted octanol–water partition coefficient (Wildman–Crippen LogP) is 3.33. The van der Waals surface area contributed by atoms with Crippen LogP contribution in [-0.2, 0) is 6.42 Å². The molecule has 1 atom stereocenters. The van der Waals surface area contributed by atoms with Gasteiger partial charge in [-0.3, -0.25) is 0 Å². The summed E-state index contributed by atoms with van der Waals surface area (Å²) in [6, 6.07) is 21.0. The fraction of sp³-hybridized carbons (Fsp3) is 0.333. The minimum absolute atomic E-state index is 0.116. The van der Waals surface area contributed by atoms with Crippen LogP contribution in [0.1, 0.15) is 31.0 Å². The summed E-state index contributed by atoms with van der Waals surface area (Å²) in [6.07, 6.45) is 0.911. The summed E-state index contributed by atoms with van der Waals surface area (Å²) in [5, 5.41) is 13.1. The van der Waals surface area contributed by atoms with Gasteiger partial charge in [-0.2, -0.15) is 0 Å². The Morgan fingerprint density at radius 3 is 2.05 bits per heavy atom. The zero-order valence-corrected chi connectivity index (χ0v) is 12.2. The third-order valence-electron chi connectivity index (χ3n) is 3.44. The highest BCUT2D eigenvalue weighted by Crippen LogP contribution is 2.21. The van der Waals surface area contributed by atoms with Crippen LogP contribution in [0.3, 0.4) is 0 Å². The number of hydrogen-bond acceptors (Lipinski definition) is 2. The molecule has 0 aliphatic heterocycles. The number of aliphatic hydroxyl groups excluding tert-OH is 1. The molecular weight excluding hydrogens is 246 g/mol. The van der Waals surface area contributed by atoms with E-state index in [0.717, 1.165) is 6.42 Å². The van der Waals surface area contributed by atoms with Crippen LogP contribution >= 0.6 is 0 Å². The van der Waals surface area contributed by atoms with Gasteiger partial charge in [0.2, 0.25) is 0 Å². The maximum Gasteiger partial charge on any atom is 0.0608 e. The molecule has 0 radical (unpaired) electrons. The van der Waals surface area contributed by atoms with E-state index in [1.807, 2.05) is 26.0 Å². The summed E-state index contributed by atoms with van der Waals surface area (Å²) in [7, 11) is 0. The smallest absolute Gasteiger partial charge is 0.0608 e. The van der Waals surface area contributed by atoms with Crippen molar-refractivity contribution in [2.24, 2.45) is 0 Å². The van der Waals surface area contributed by atoms with E-state index in [4.69, 9.17) is 0 Å². The first kappa shape index (κ1) is 14.8. The molecule has 0 heterocycles. The summed E-state index contributed by atoms with van der Waals surface area (Å²) in [5.74, 6) is 0. The van der Waals surface area contributed by atoms with Crippen LogP contribution in [0.4, 0.5) is 0 Å². The lowest BCUT2D eigenvalue weighted by atomic mass is 9.95. The number of aliphatic hydroxyl groups is 1. The largest absolute Gasteiger partial charge is 0.394 e. The van der Waals surface area contributed by atoms with E-state index < -0.39 is 0 Å². The zero-order chi connectivity index (χ0) is 14.4. The Bertz CT molecular complexity index is 507. The van der Waals surface area contributed by atoms with Crippen molar-refractivity contribution in [2.45, 2.75) is 31.8 Å². The molecule has 0 fully saturated rings. The topological polar surface area (TPSA) is 32.3 Å². The molecule has 0 aliphatic rings. The van der Waals surface area contributed by atoms with Gasteiger partial charge in [0.25, 0.3) is 0 Å². The van der Waals surface area contributed by atoms with Gasteiger partial charge >= 0.3 is 0 Å². The maximum atomic E-state index is 9.49. The second kappa shape index (κ2) is 6.69. The second-order valence-corrected chi connectivity index (χ2v) is 5.84. The Balaban J connectivity index is 2.21. The van der Waals surface area contributed by atoms with Gasteiger partial charge in [0, 0.05) is 11.6 Å². The van der Waals surface area contributed by atoms with Gasteiger partial charge in [0.05, 0.1) is 6.61 Å². The zero-order valence-electron chi connectivity index (χ0n) is 12.2. The van der Waals surface area contributed by atoms with E-state index in [9.17, 15) is 5.11 Å². The molecule has 2 heteroatoms. The number of nitrogens with one attached hydrogen (secondary N) is 1. The lowest BCUT2D eigenvalue weighted by molar-refractivity contribution is 0.174. The van der Waals surface area contributed by atoms with Crippen LogP contribution in [0.2, 0.25) is 0 Å². The van der Waals surface area contributed by atoms with E-state index in [1.54, 1.807) is 0 Å². The fourth-order valence-electron chi connectivity index (χ4n) is 2.30. The average Bonchev–Trinajstić information content (AvgIpc) is 2.48. The first-order valence-corrected chi connectivity index (χ1v) is 7.08. The standard InChI is InChI=1S/C18H23NO/c1-18(2,14-20)19-17(16-11-7-4-8-12-16)13-15-9-5-3-6-10-15/h3-12,17,19-20H,13-14H2,1-2H3/t17-/m1/s1. The molecule has 106 valence electrons. The predicted molar refractivity (Wildman–Crippen MR) is 83.6 cm³/mol. The van der Waals surface area contributed by atoms with Crippen molar-refractivity contribution in [3.8, 4) is 0 Å². The molecule has 2 nitrogen and oxygen atoms in total. The molecule has 0 aromatic heterocycles. The van der Waals surface area contributed by atoms with Gasteiger partial charge < -0.3 is 10.4 Å². The van der Waals surface area contributed by atoms with E-state index in [2.05, 4.69) is 53.8 Å². The molecule has 2 aromatic rings. The Kier molecular flexibility index (Phi) is 4.94. The van der Waals surface area contributed by atoms with Gasteiger partial charge in [-0.1, -0.05) is 60.7 Å². The van der Waals surface area contributed by atoms with Crippen LogP contribution in [0, 0.1) is 0 Å². The monoisotopic (exact) mass is 269 g/mol. The molecule has 2 N–H and O–H groups in total. The SMILES string of the molecule is CC(C)(CO)N[C@H](Cc1ccccc1)c1ccccc1. The molecule has 0 saturated carbocycles. The molecule has 0 aliphatic carbocycles. The Hall–Kier alpha value is -1.64. The minimum atomic E-state index is -0.296. The van der Waals surface area contributed by atoms with Crippen LogP contribution in [0.5, 0.6) is 0 Å². The fourth-order valence-corrected chi connectivity index (χ4v) is 2.30. The quantitative estimate of drug-likeness (QED) is 0.843. The van der Waals surface area contributed by atoms with E-state index in [1.165, 1.54) is 11.1 Å². The van der Waals surface area contributed by atoms with Crippen molar-refractivity contribution in [3.63, 3.8) is 0 Å². The Morgan fingerprint density at radius 1 is 0.950 bits per heavy atom. The van der Waals surface area contributed by atoms with E-state index >= 15 is 0 Å². The molecule has 0 amide bonds. The van der Waals surface area contributed by atoms with Crippen molar-refractivity contribution in [1.29, 1.82) is 0 Å². The summed E-state index contributed by atoms with van der Waals surface area (Å²) in [4.78, 5) is 0. The lowest BCUT2D eigenvalue weighted by Gasteiger charge is -2.31. The average molecular weight is 269 g/mol. The summed E-state index contributed by atoms with van der Waals surface area (Å²) < 4.78 is 0. The lowest BCUT2D eigenvalue weighted by Crippen LogP contribution is -2.45. The minimum Gasteiger partial charge on any atom is -0.394 e. The normalized spacial score (nSPS) is 13.2. The van der Waals surface area contributed by atoms with Crippen molar-refractivity contribution in [3.05, 3.63) is 71.8 Å². The first-order chi connectivity index (χ1) is 9.61. The Morgan fingerprint density at radius 2 is 1.50 bits per heavy atom. The summed E-state index contributed by atoms with van der Waals surface area (Å²) in [6.45, 7) is 4.16. The maximum absolute atomic E-state index is 9.49. The highest BCUT2D eigenvalue weighted by molar-refractivity contribution is 5.24. The molecule has 20 heavy (non-hydrogen) atoms. The third-order valence-corrected chi connectivity index (χ3v) is 3.44.